The van der Waals surface area contributed by atoms with Gasteiger partial charge in [-0.1, -0.05) is 18.2 Å². The Kier molecular flexibility index (Phi) is 4.87. The summed E-state index contributed by atoms with van der Waals surface area (Å²) in [6, 6.07) is 18.2. The molecular formula is C17H13N7O. The van der Waals surface area contributed by atoms with Gasteiger partial charge in [-0.05, 0) is 36.4 Å². The minimum atomic E-state index is -0.282. The molecule has 1 aromatic heterocycles. The molecule has 8 nitrogen and oxygen atoms in total. The van der Waals surface area contributed by atoms with Crippen LogP contribution in [-0.4, -0.2) is 20.7 Å². The zero-order valence-electron chi connectivity index (χ0n) is 13.1. The molecule has 1 amide bonds. The van der Waals surface area contributed by atoms with E-state index in [-0.39, 0.29) is 18.3 Å². The van der Waals surface area contributed by atoms with Gasteiger partial charge in [0.15, 0.2) is 0 Å². The lowest BCUT2D eigenvalue weighted by atomic mass is 10.3. The summed E-state index contributed by atoms with van der Waals surface area (Å²) in [6.07, 6.45) is 1.34. The molecule has 0 radical (unpaired) electrons. The molecule has 0 aliphatic rings. The van der Waals surface area contributed by atoms with Crippen LogP contribution in [0.15, 0.2) is 71.2 Å². The van der Waals surface area contributed by atoms with E-state index in [2.05, 4.69) is 25.7 Å². The Labute approximate surface area is 143 Å². The standard InChI is InChI=1S/C17H13N7O/c18-10-16-23-19-12-24(16)11-17(25)20-13-6-8-15(9-7-13)22-21-14-4-2-1-3-5-14/h1-9,12H,11H2,(H,20,25). The van der Waals surface area contributed by atoms with Gasteiger partial charge < -0.3 is 5.32 Å². The number of nitrogens with one attached hydrogen (secondary N) is 1. The van der Waals surface area contributed by atoms with Crippen LogP contribution in [0.4, 0.5) is 17.1 Å². The van der Waals surface area contributed by atoms with Crippen molar-refractivity contribution in [3.63, 3.8) is 0 Å². The lowest BCUT2D eigenvalue weighted by Gasteiger charge is -2.06. The van der Waals surface area contributed by atoms with Crippen LogP contribution in [-0.2, 0) is 11.3 Å². The molecule has 1 N–H and O–H groups in total. The zero-order chi connectivity index (χ0) is 17.5. The third kappa shape index (κ3) is 4.33. The highest BCUT2D eigenvalue weighted by molar-refractivity contribution is 5.90. The summed E-state index contributed by atoms with van der Waals surface area (Å²) in [5.74, 6) is -0.193. The molecule has 0 aliphatic carbocycles. The van der Waals surface area contributed by atoms with E-state index < -0.39 is 0 Å². The molecule has 122 valence electrons. The number of benzene rings is 2. The third-order valence-corrected chi connectivity index (χ3v) is 3.22. The fourth-order valence-corrected chi connectivity index (χ4v) is 2.03. The highest BCUT2D eigenvalue weighted by Crippen LogP contribution is 2.20. The van der Waals surface area contributed by atoms with Crippen LogP contribution in [0.25, 0.3) is 0 Å². The molecule has 0 aliphatic heterocycles. The number of anilines is 1. The first-order valence-electron chi connectivity index (χ1n) is 7.39. The summed E-state index contributed by atoms with van der Waals surface area (Å²) in [5, 5.41) is 27.0. The zero-order valence-corrected chi connectivity index (χ0v) is 13.1. The monoisotopic (exact) mass is 331 g/mol. The average molecular weight is 331 g/mol. The first kappa shape index (κ1) is 16.0. The average Bonchev–Trinajstić information content (AvgIpc) is 3.09. The summed E-state index contributed by atoms with van der Waals surface area (Å²) in [7, 11) is 0. The molecule has 25 heavy (non-hydrogen) atoms. The Morgan fingerprint density at radius 3 is 2.44 bits per heavy atom. The number of rotatable bonds is 5. The van der Waals surface area contributed by atoms with Gasteiger partial charge in [-0.3, -0.25) is 9.36 Å². The van der Waals surface area contributed by atoms with Crippen molar-refractivity contribution in [1.29, 1.82) is 5.26 Å². The second-order valence-electron chi connectivity index (χ2n) is 5.02. The van der Waals surface area contributed by atoms with Crippen LogP contribution in [0.3, 0.4) is 0 Å². The van der Waals surface area contributed by atoms with Crippen molar-refractivity contribution in [2.24, 2.45) is 10.2 Å². The van der Waals surface area contributed by atoms with Crippen LogP contribution >= 0.6 is 0 Å². The maximum atomic E-state index is 12.0. The first-order chi connectivity index (χ1) is 12.2. The largest absolute Gasteiger partial charge is 0.325 e. The van der Waals surface area contributed by atoms with Crippen LogP contribution in [0.2, 0.25) is 0 Å². The molecule has 0 unspecified atom stereocenters. The Bertz CT molecular complexity index is 924. The van der Waals surface area contributed by atoms with Crippen LogP contribution < -0.4 is 5.32 Å². The molecule has 1 heterocycles. The van der Waals surface area contributed by atoms with Crippen LogP contribution in [0.1, 0.15) is 5.82 Å². The molecule has 0 fully saturated rings. The van der Waals surface area contributed by atoms with Crippen molar-refractivity contribution in [2.45, 2.75) is 6.54 Å². The molecule has 0 saturated carbocycles. The minimum absolute atomic E-state index is 0.0363. The van der Waals surface area contributed by atoms with Gasteiger partial charge in [0.05, 0.1) is 11.4 Å². The van der Waals surface area contributed by atoms with Crippen molar-refractivity contribution in [2.75, 3.05) is 5.32 Å². The Morgan fingerprint density at radius 2 is 1.76 bits per heavy atom. The fourth-order valence-electron chi connectivity index (χ4n) is 2.03. The number of hydrogen-bond donors (Lipinski definition) is 1. The number of azo groups is 1. The molecule has 8 heteroatoms. The predicted octanol–water partition coefficient (Wildman–Crippen LogP) is 3.20. The number of carbonyl (C=O) groups excluding carboxylic acids is 1. The fraction of sp³-hybridized carbons (Fsp3) is 0.0588. The van der Waals surface area contributed by atoms with Gasteiger partial charge in [0, 0.05) is 5.69 Å². The topological polar surface area (TPSA) is 108 Å². The second-order valence-corrected chi connectivity index (χ2v) is 5.02. The summed E-state index contributed by atoms with van der Waals surface area (Å²) in [5.41, 5.74) is 2.06. The van der Waals surface area contributed by atoms with Gasteiger partial charge in [0.25, 0.3) is 0 Å². The molecule has 0 atom stereocenters. The quantitative estimate of drug-likeness (QED) is 0.724. The SMILES string of the molecule is N#Cc1nncn1CC(=O)Nc1ccc(N=Nc2ccccc2)cc1. The third-order valence-electron chi connectivity index (χ3n) is 3.22. The smallest absolute Gasteiger partial charge is 0.244 e. The summed E-state index contributed by atoms with van der Waals surface area (Å²) in [6.45, 7) is -0.0363. The number of amides is 1. The van der Waals surface area contributed by atoms with Gasteiger partial charge in [0.2, 0.25) is 11.7 Å². The lowest BCUT2D eigenvalue weighted by Crippen LogP contribution is -2.19. The molecule has 0 spiro atoms. The van der Waals surface area contributed by atoms with Gasteiger partial charge in [-0.25, -0.2) is 0 Å². The Hall–Kier alpha value is -3.86. The maximum Gasteiger partial charge on any atom is 0.244 e. The van der Waals surface area contributed by atoms with Gasteiger partial charge in [-0.15, -0.1) is 10.2 Å². The molecule has 0 bridgehead atoms. The van der Waals surface area contributed by atoms with E-state index in [0.29, 0.717) is 11.4 Å². The minimum Gasteiger partial charge on any atom is -0.325 e. The van der Waals surface area contributed by atoms with E-state index in [4.69, 9.17) is 5.26 Å². The predicted molar refractivity (Wildman–Crippen MR) is 90.4 cm³/mol. The number of nitriles is 1. The summed E-state index contributed by atoms with van der Waals surface area (Å²) >= 11 is 0. The van der Waals surface area contributed by atoms with Crippen molar-refractivity contribution >= 4 is 23.0 Å². The molecule has 0 saturated heterocycles. The molecule has 2 aromatic carbocycles. The van der Waals surface area contributed by atoms with Crippen molar-refractivity contribution in [3.8, 4) is 6.07 Å². The van der Waals surface area contributed by atoms with E-state index in [9.17, 15) is 4.79 Å². The second kappa shape index (κ2) is 7.61. The Balaban J connectivity index is 1.60. The number of nitrogens with zero attached hydrogens (tertiary/aromatic N) is 6. The van der Waals surface area contributed by atoms with E-state index >= 15 is 0 Å². The summed E-state index contributed by atoms with van der Waals surface area (Å²) in [4.78, 5) is 12.0. The van der Waals surface area contributed by atoms with Crippen molar-refractivity contribution in [1.82, 2.24) is 14.8 Å². The van der Waals surface area contributed by atoms with Crippen LogP contribution in [0, 0.1) is 11.3 Å². The van der Waals surface area contributed by atoms with Gasteiger partial charge in [0.1, 0.15) is 18.9 Å². The van der Waals surface area contributed by atoms with Gasteiger partial charge >= 0.3 is 0 Å². The number of carbonyl (C=O) groups is 1. The Morgan fingerprint density at radius 1 is 1.08 bits per heavy atom. The van der Waals surface area contributed by atoms with E-state index in [1.54, 1.807) is 24.3 Å². The molecular weight excluding hydrogens is 318 g/mol. The van der Waals surface area contributed by atoms with Crippen molar-refractivity contribution in [3.05, 3.63) is 66.7 Å². The number of aromatic nitrogens is 3. The first-order valence-corrected chi connectivity index (χ1v) is 7.39. The molecule has 3 rings (SSSR count). The number of hydrogen-bond acceptors (Lipinski definition) is 6. The van der Waals surface area contributed by atoms with E-state index in [0.717, 1.165) is 5.69 Å². The highest BCUT2D eigenvalue weighted by Gasteiger charge is 2.08. The van der Waals surface area contributed by atoms with Crippen molar-refractivity contribution < 1.29 is 4.79 Å². The van der Waals surface area contributed by atoms with Gasteiger partial charge in [-0.2, -0.15) is 15.5 Å². The highest BCUT2D eigenvalue weighted by atomic mass is 16.1. The van der Waals surface area contributed by atoms with Crippen LogP contribution in [0.5, 0.6) is 0 Å². The van der Waals surface area contributed by atoms with E-state index in [1.807, 2.05) is 36.4 Å². The van der Waals surface area contributed by atoms with E-state index in [1.165, 1.54) is 10.9 Å². The maximum absolute atomic E-state index is 12.0. The summed E-state index contributed by atoms with van der Waals surface area (Å²) < 4.78 is 1.37. The lowest BCUT2D eigenvalue weighted by molar-refractivity contribution is -0.116. The molecule has 3 aromatic rings. The normalized spacial score (nSPS) is 10.5.